The lowest BCUT2D eigenvalue weighted by Gasteiger charge is -2.20. The Morgan fingerprint density at radius 3 is 3.05 bits per heavy atom. The molecular formula is C14H8BrFN2OS. The summed E-state index contributed by atoms with van der Waals surface area (Å²) >= 11 is 5.08. The molecule has 0 fully saturated rings. The number of nitrogens with zero attached hydrogens (tertiary/aromatic N) is 2. The van der Waals surface area contributed by atoms with E-state index in [2.05, 4.69) is 20.9 Å². The summed E-state index contributed by atoms with van der Waals surface area (Å²) in [5, 5.41) is 4.03. The van der Waals surface area contributed by atoms with Crippen molar-refractivity contribution in [1.29, 1.82) is 0 Å². The molecule has 1 aliphatic rings. The number of ether oxygens (including phenoxy) is 1. The first-order valence-electron chi connectivity index (χ1n) is 5.96. The first-order chi connectivity index (χ1) is 9.75. The Morgan fingerprint density at radius 2 is 2.25 bits per heavy atom. The highest BCUT2D eigenvalue weighted by molar-refractivity contribution is 9.10. The van der Waals surface area contributed by atoms with E-state index in [-0.39, 0.29) is 5.82 Å². The molecule has 0 saturated heterocycles. The molecule has 100 valence electrons. The molecule has 0 amide bonds. The van der Waals surface area contributed by atoms with Gasteiger partial charge in [0.15, 0.2) is 12.6 Å². The normalized spacial score (nSPS) is 12.7. The lowest BCUT2D eigenvalue weighted by Crippen LogP contribution is -2.14. The monoisotopic (exact) mass is 350 g/mol. The quantitative estimate of drug-likeness (QED) is 0.644. The van der Waals surface area contributed by atoms with Crippen LogP contribution in [-0.4, -0.2) is 9.55 Å². The number of fused-ring (bicyclic) bond motifs is 3. The SMILES string of the molecule is Fc1cccc2c1-c1nc(Br)c(-c3ccsc3)n1CO2. The molecule has 1 aromatic carbocycles. The molecule has 2 aromatic heterocycles. The lowest BCUT2D eigenvalue weighted by atomic mass is 10.1. The first kappa shape index (κ1) is 12.1. The lowest BCUT2D eigenvalue weighted by molar-refractivity contribution is 0.230. The Labute approximate surface area is 126 Å². The molecule has 0 spiro atoms. The first-order valence-corrected chi connectivity index (χ1v) is 7.69. The van der Waals surface area contributed by atoms with Crippen molar-refractivity contribution >= 4 is 27.3 Å². The van der Waals surface area contributed by atoms with Crippen molar-refractivity contribution in [3.8, 4) is 28.4 Å². The molecule has 1 aliphatic heterocycles. The molecule has 0 aliphatic carbocycles. The second-order valence-electron chi connectivity index (χ2n) is 4.40. The van der Waals surface area contributed by atoms with Crippen molar-refractivity contribution in [3.05, 3.63) is 45.4 Å². The average Bonchev–Trinajstić information content (AvgIpc) is 3.04. The molecule has 0 atom stereocenters. The van der Waals surface area contributed by atoms with Crippen LogP contribution in [0.15, 0.2) is 39.6 Å². The Kier molecular flexibility index (Phi) is 2.68. The van der Waals surface area contributed by atoms with Crippen molar-refractivity contribution in [2.45, 2.75) is 6.73 Å². The number of rotatable bonds is 1. The van der Waals surface area contributed by atoms with Crippen LogP contribution in [-0.2, 0) is 6.73 Å². The molecule has 0 N–H and O–H groups in total. The summed E-state index contributed by atoms with van der Waals surface area (Å²) in [7, 11) is 0. The smallest absolute Gasteiger partial charge is 0.167 e. The molecule has 0 unspecified atom stereocenters. The van der Waals surface area contributed by atoms with Crippen LogP contribution in [0.2, 0.25) is 0 Å². The second-order valence-corrected chi connectivity index (χ2v) is 5.93. The number of hydrogen-bond acceptors (Lipinski definition) is 3. The molecule has 3 nitrogen and oxygen atoms in total. The molecule has 20 heavy (non-hydrogen) atoms. The van der Waals surface area contributed by atoms with E-state index in [1.165, 1.54) is 6.07 Å². The van der Waals surface area contributed by atoms with Crippen molar-refractivity contribution in [1.82, 2.24) is 9.55 Å². The summed E-state index contributed by atoms with van der Waals surface area (Å²) in [5.74, 6) is 0.808. The molecule has 0 radical (unpaired) electrons. The van der Waals surface area contributed by atoms with Crippen molar-refractivity contribution in [3.63, 3.8) is 0 Å². The maximum atomic E-state index is 14.1. The summed E-state index contributed by atoms with van der Waals surface area (Å²) < 4.78 is 22.3. The van der Waals surface area contributed by atoms with E-state index < -0.39 is 0 Å². The van der Waals surface area contributed by atoms with E-state index in [0.29, 0.717) is 28.5 Å². The van der Waals surface area contributed by atoms with Gasteiger partial charge in [-0.2, -0.15) is 11.3 Å². The average molecular weight is 351 g/mol. The van der Waals surface area contributed by atoms with Gasteiger partial charge in [0.05, 0.1) is 11.3 Å². The van der Waals surface area contributed by atoms with Gasteiger partial charge in [0.2, 0.25) is 0 Å². The Hall–Kier alpha value is -1.66. The third kappa shape index (κ3) is 1.65. The summed E-state index contributed by atoms with van der Waals surface area (Å²) in [4.78, 5) is 4.47. The van der Waals surface area contributed by atoms with Gasteiger partial charge in [-0.25, -0.2) is 9.37 Å². The molecule has 0 saturated carbocycles. The fourth-order valence-electron chi connectivity index (χ4n) is 2.39. The van der Waals surface area contributed by atoms with Gasteiger partial charge in [-0.05, 0) is 39.5 Å². The maximum absolute atomic E-state index is 14.1. The Bertz CT molecular complexity index is 798. The Balaban J connectivity index is 2.01. The number of halogens is 2. The van der Waals surface area contributed by atoms with E-state index in [1.54, 1.807) is 23.5 Å². The minimum atomic E-state index is -0.321. The number of thiophene rings is 1. The Morgan fingerprint density at radius 1 is 1.35 bits per heavy atom. The summed E-state index contributed by atoms with van der Waals surface area (Å²) in [6.45, 7) is 0.329. The van der Waals surface area contributed by atoms with Gasteiger partial charge in [-0.15, -0.1) is 0 Å². The minimum Gasteiger partial charge on any atom is -0.472 e. The van der Waals surface area contributed by atoms with Crippen LogP contribution in [0.25, 0.3) is 22.6 Å². The largest absolute Gasteiger partial charge is 0.472 e. The van der Waals surface area contributed by atoms with Crippen LogP contribution >= 0.6 is 27.3 Å². The molecule has 0 bridgehead atoms. The summed E-state index contributed by atoms with van der Waals surface area (Å²) in [5.41, 5.74) is 2.38. The second kappa shape index (κ2) is 4.43. The van der Waals surface area contributed by atoms with Gasteiger partial charge in [-0.1, -0.05) is 6.07 Å². The van der Waals surface area contributed by atoms with Crippen molar-refractivity contribution in [2.24, 2.45) is 0 Å². The fourth-order valence-corrected chi connectivity index (χ4v) is 3.64. The van der Waals surface area contributed by atoms with Crippen LogP contribution in [0.4, 0.5) is 4.39 Å². The van der Waals surface area contributed by atoms with Crippen molar-refractivity contribution in [2.75, 3.05) is 0 Å². The molecule has 4 rings (SSSR count). The van der Waals surface area contributed by atoms with Crippen LogP contribution in [0.3, 0.4) is 0 Å². The highest BCUT2D eigenvalue weighted by Crippen LogP contribution is 2.41. The standard InChI is InChI=1S/C14H8BrFN2OS/c15-13-12(8-4-5-20-6-8)18-7-19-10-3-1-2-9(16)11(10)14(18)17-13/h1-6H,7H2. The number of benzene rings is 1. The molecule has 3 heterocycles. The zero-order valence-corrected chi connectivity index (χ0v) is 12.5. The minimum absolute atomic E-state index is 0.321. The van der Waals surface area contributed by atoms with E-state index in [4.69, 9.17) is 4.74 Å². The number of imidazole rings is 1. The van der Waals surface area contributed by atoms with Crippen LogP contribution < -0.4 is 4.74 Å². The van der Waals surface area contributed by atoms with Gasteiger partial charge in [0.25, 0.3) is 0 Å². The van der Waals surface area contributed by atoms with Gasteiger partial charge < -0.3 is 4.74 Å². The number of aromatic nitrogens is 2. The molecule has 3 aromatic rings. The van der Waals surface area contributed by atoms with Crippen LogP contribution in [0, 0.1) is 5.82 Å². The highest BCUT2D eigenvalue weighted by Gasteiger charge is 2.27. The van der Waals surface area contributed by atoms with E-state index >= 15 is 0 Å². The van der Waals surface area contributed by atoms with Gasteiger partial charge in [-0.3, -0.25) is 4.57 Å². The third-order valence-corrected chi connectivity index (χ3v) is 4.50. The molecular weight excluding hydrogens is 343 g/mol. The van der Waals surface area contributed by atoms with E-state index in [9.17, 15) is 4.39 Å². The maximum Gasteiger partial charge on any atom is 0.167 e. The van der Waals surface area contributed by atoms with Gasteiger partial charge in [0, 0.05) is 10.9 Å². The van der Waals surface area contributed by atoms with Gasteiger partial charge >= 0.3 is 0 Å². The topological polar surface area (TPSA) is 27.1 Å². The van der Waals surface area contributed by atoms with Crippen LogP contribution in [0.5, 0.6) is 5.75 Å². The predicted octanol–water partition coefficient (Wildman–Crippen LogP) is 4.53. The fraction of sp³-hybridized carbons (Fsp3) is 0.0714. The summed E-state index contributed by atoms with van der Waals surface area (Å²) in [6, 6.07) is 6.83. The highest BCUT2D eigenvalue weighted by atomic mass is 79.9. The number of hydrogen-bond donors (Lipinski definition) is 0. The zero-order chi connectivity index (χ0) is 13.7. The zero-order valence-electron chi connectivity index (χ0n) is 10.1. The van der Waals surface area contributed by atoms with Gasteiger partial charge in [0.1, 0.15) is 16.2 Å². The summed E-state index contributed by atoms with van der Waals surface area (Å²) in [6.07, 6.45) is 0. The molecule has 6 heteroatoms. The van der Waals surface area contributed by atoms with Crippen LogP contribution in [0.1, 0.15) is 0 Å². The van der Waals surface area contributed by atoms with Crippen molar-refractivity contribution < 1.29 is 9.13 Å². The van der Waals surface area contributed by atoms with E-state index in [1.807, 2.05) is 21.4 Å². The van der Waals surface area contributed by atoms with E-state index in [0.717, 1.165) is 11.3 Å². The third-order valence-electron chi connectivity index (χ3n) is 3.27. The predicted molar refractivity (Wildman–Crippen MR) is 79.3 cm³/mol.